The fraction of sp³-hybridized carbons (Fsp3) is 0.429. The molecule has 4 bridgehead atoms. The van der Waals surface area contributed by atoms with Gasteiger partial charge in [0, 0.05) is 25.9 Å². The molecule has 0 spiro atoms. The molecule has 14 nitrogen and oxygen atoms in total. The van der Waals surface area contributed by atoms with E-state index in [1.54, 1.807) is 24.3 Å². The van der Waals surface area contributed by atoms with Crippen LogP contribution in [0.2, 0.25) is 0 Å². The van der Waals surface area contributed by atoms with Crippen molar-refractivity contribution in [3.8, 4) is 22.6 Å². The van der Waals surface area contributed by atoms with Gasteiger partial charge >= 0.3 is 0 Å². The molecule has 0 saturated heterocycles. The molecule has 1 aliphatic heterocycles. The fourth-order valence-electron chi connectivity index (χ4n) is 4.47. The minimum atomic E-state index is -1.18. The molecule has 13 N–H and O–H groups in total. The number of hydrogen-bond acceptors (Lipinski definition) is 10. The van der Waals surface area contributed by atoms with Gasteiger partial charge in [0.25, 0.3) is 0 Å². The molecule has 4 amide bonds. The molecule has 0 aliphatic carbocycles. The highest BCUT2D eigenvalue weighted by Crippen LogP contribution is 2.30. The Hall–Kier alpha value is -3.37. The Kier molecular flexibility index (Phi) is 18.4. The van der Waals surface area contributed by atoms with E-state index in [1.807, 2.05) is 0 Å². The van der Waals surface area contributed by atoms with E-state index < -0.39 is 54.4 Å². The molecular weight excluding hydrogens is 653 g/mol. The maximum absolute atomic E-state index is 13.4. The van der Waals surface area contributed by atoms with Crippen LogP contribution in [0.3, 0.4) is 0 Å². The molecule has 1 aliphatic rings. The zero-order valence-electron chi connectivity index (χ0n) is 24.4. The van der Waals surface area contributed by atoms with Crippen LogP contribution in [0.25, 0.3) is 11.1 Å². The number of carbonyl (C=O) groups excluding carboxylic acids is 4. The Morgan fingerprint density at radius 1 is 0.889 bits per heavy atom. The number of halogens is 3. The van der Waals surface area contributed by atoms with Gasteiger partial charge in [-0.2, -0.15) is 0 Å². The van der Waals surface area contributed by atoms with Crippen molar-refractivity contribution in [1.82, 2.24) is 21.3 Å². The van der Waals surface area contributed by atoms with Crippen LogP contribution >= 0.6 is 37.2 Å². The van der Waals surface area contributed by atoms with Crippen LogP contribution in [-0.4, -0.2) is 89.4 Å². The fourth-order valence-corrected chi connectivity index (χ4v) is 4.47. The van der Waals surface area contributed by atoms with Gasteiger partial charge in [0.15, 0.2) is 0 Å². The minimum Gasteiger partial charge on any atom is -0.508 e. The predicted octanol–water partition coefficient (Wildman–Crippen LogP) is -1.28. The summed E-state index contributed by atoms with van der Waals surface area (Å²) in [6.45, 7) is -0.287. The van der Waals surface area contributed by atoms with Gasteiger partial charge < -0.3 is 53.8 Å². The second-order valence-electron chi connectivity index (χ2n) is 10.1. The van der Waals surface area contributed by atoms with E-state index in [2.05, 4.69) is 21.3 Å². The van der Waals surface area contributed by atoms with Gasteiger partial charge in [-0.3, -0.25) is 19.2 Å². The Bertz CT molecular complexity index is 1310. The number of aliphatic hydroxyl groups is 1. The number of nitrogens with two attached hydrogens (primary N) is 3. The van der Waals surface area contributed by atoms with Crippen molar-refractivity contribution in [1.29, 1.82) is 0 Å². The summed E-state index contributed by atoms with van der Waals surface area (Å²) < 4.78 is 0. The van der Waals surface area contributed by atoms with Crippen molar-refractivity contribution >= 4 is 60.8 Å². The van der Waals surface area contributed by atoms with E-state index in [4.69, 9.17) is 22.3 Å². The Balaban J connectivity index is 0.00000645. The smallest absolute Gasteiger partial charge is 0.243 e. The SMILES string of the molecule is Cl.Cl.Cl.NCCC[C@@H]1NC(=O)[C@@H](N)Cc2cc(ccc2O)-c2ccc(O)c(c2)C[C@@H](C(=O)NCCNC(=O)[C@@H](N)CO)NC1=O. The van der Waals surface area contributed by atoms with Crippen LogP contribution in [0, 0.1) is 0 Å². The lowest BCUT2D eigenvalue weighted by molar-refractivity contribution is -0.132. The van der Waals surface area contributed by atoms with Gasteiger partial charge in [0.1, 0.15) is 29.6 Å². The first kappa shape index (κ1) is 41.6. The summed E-state index contributed by atoms with van der Waals surface area (Å²) in [6.07, 6.45) is 0.451. The van der Waals surface area contributed by atoms with Crippen LogP contribution in [0.5, 0.6) is 11.5 Å². The zero-order valence-corrected chi connectivity index (χ0v) is 26.8. The summed E-state index contributed by atoms with van der Waals surface area (Å²) in [5, 5.41) is 40.5. The van der Waals surface area contributed by atoms with E-state index in [0.717, 1.165) is 0 Å². The van der Waals surface area contributed by atoms with Gasteiger partial charge in [0.2, 0.25) is 23.6 Å². The molecule has 3 rings (SSSR count). The highest BCUT2D eigenvalue weighted by molar-refractivity contribution is 5.93. The predicted molar refractivity (Wildman–Crippen MR) is 176 cm³/mol. The van der Waals surface area contributed by atoms with E-state index in [9.17, 15) is 29.4 Å². The quantitative estimate of drug-likeness (QED) is 0.139. The number of rotatable bonds is 9. The van der Waals surface area contributed by atoms with Crippen molar-refractivity contribution in [2.45, 2.75) is 49.9 Å². The standard InChI is InChI=1S/C28H39N7O7.3ClH/c29-7-1-2-21-28(42)35-22(27(41)33-9-8-32-25(39)20(31)14-36)13-18-11-16(4-6-24(18)38)15-3-5-23(37)17(10-15)12-19(30)26(40)34-21;;;/h3-6,10-11,19-22,36-38H,1-2,7-9,12-14,29-31H2,(H,32,39)(H,33,41)(H,34,40)(H,35,42);3*1H/t19-,20-,21-,22-;;;/m0.../s1. The van der Waals surface area contributed by atoms with Crippen LogP contribution in [0.15, 0.2) is 36.4 Å². The van der Waals surface area contributed by atoms with Gasteiger partial charge in [0.05, 0.1) is 12.6 Å². The monoisotopic (exact) mass is 693 g/mol. The Labute approximate surface area is 279 Å². The van der Waals surface area contributed by atoms with E-state index in [0.29, 0.717) is 28.7 Å². The molecule has 0 saturated carbocycles. The third-order valence-corrected chi connectivity index (χ3v) is 6.91. The molecule has 252 valence electrons. The van der Waals surface area contributed by atoms with Gasteiger partial charge in [-0.15, -0.1) is 37.2 Å². The van der Waals surface area contributed by atoms with Crippen molar-refractivity contribution in [2.75, 3.05) is 26.2 Å². The second-order valence-corrected chi connectivity index (χ2v) is 10.1. The molecule has 45 heavy (non-hydrogen) atoms. The molecule has 0 fully saturated rings. The normalized spacial score (nSPS) is 18.5. The summed E-state index contributed by atoms with van der Waals surface area (Å²) in [4.78, 5) is 51.4. The molecule has 1 heterocycles. The number of amides is 4. The topological polar surface area (TPSA) is 255 Å². The molecule has 2 aromatic carbocycles. The number of phenols is 2. The summed E-state index contributed by atoms with van der Waals surface area (Å²) in [5.74, 6) is -2.62. The maximum Gasteiger partial charge on any atom is 0.243 e. The van der Waals surface area contributed by atoms with E-state index in [-0.39, 0.29) is 87.6 Å². The highest BCUT2D eigenvalue weighted by atomic mass is 35.5. The first-order chi connectivity index (χ1) is 20.0. The Morgan fingerprint density at radius 2 is 1.44 bits per heavy atom. The van der Waals surface area contributed by atoms with E-state index >= 15 is 0 Å². The van der Waals surface area contributed by atoms with Crippen LogP contribution in [0.4, 0.5) is 0 Å². The molecule has 4 atom stereocenters. The van der Waals surface area contributed by atoms with Crippen molar-refractivity contribution < 1.29 is 34.5 Å². The zero-order chi connectivity index (χ0) is 30.8. The number of benzene rings is 2. The second kappa shape index (κ2) is 19.9. The van der Waals surface area contributed by atoms with Crippen molar-refractivity contribution in [2.24, 2.45) is 17.2 Å². The van der Waals surface area contributed by atoms with Gasteiger partial charge in [-0.1, -0.05) is 12.1 Å². The third-order valence-electron chi connectivity index (χ3n) is 6.91. The lowest BCUT2D eigenvalue weighted by atomic mass is 9.95. The average molecular weight is 695 g/mol. The van der Waals surface area contributed by atoms with Gasteiger partial charge in [-0.05, 0) is 65.9 Å². The van der Waals surface area contributed by atoms with Crippen molar-refractivity contribution in [3.05, 3.63) is 47.5 Å². The highest BCUT2D eigenvalue weighted by Gasteiger charge is 2.29. The molecule has 2 aromatic rings. The molecule has 0 aromatic heterocycles. The molecule has 17 heteroatoms. The first-order valence-electron chi connectivity index (χ1n) is 13.7. The third kappa shape index (κ3) is 11.8. The van der Waals surface area contributed by atoms with E-state index in [1.165, 1.54) is 12.1 Å². The molecule has 0 unspecified atom stereocenters. The lowest BCUT2D eigenvalue weighted by Crippen LogP contribution is -2.57. The van der Waals surface area contributed by atoms with Crippen LogP contribution in [0.1, 0.15) is 24.0 Å². The molecular formula is C28H42Cl3N7O7. The van der Waals surface area contributed by atoms with Crippen LogP contribution in [-0.2, 0) is 32.0 Å². The Morgan fingerprint density at radius 3 is 2.00 bits per heavy atom. The lowest BCUT2D eigenvalue weighted by Gasteiger charge is -2.24. The number of fused-ring (bicyclic) bond motifs is 5. The summed E-state index contributed by atoms with van der Waals surface area (Å²) >= 11 is 0. The maximum atomic E-state index is 13.4. The van der Waals surface area contributed by atoms with Gasteiger partial charge in [-0.25, -0.2) is 0 Å². The summed E-state index contributed by atoms with van der Waals surface area (Å²) in [7, 11) is 0. The average Bonchev–Trinajstić information content (AvgIpc) is 2.97. The number of hydrogen-bond donors (Lipinski definition) is 10. The summed E-state index contributed by atoms with van der Waals surface area (Å²) in [6, 6.07) is 5.21. The first-order valence-corrected chi connectivity index (χ1v) is 13.7. The number of aliphatic hydroxyl groups excluding tert-OH is 1. The van der Waals surface area contributed by atoms with Crippen LogP contribution < -0.4 is 38.5 Å². The molecule has 0 radical (unpaired) electrons. The number of carbonyl (C=O) groups is 4. The largest absolute Gasteiger partial charge is 0.508 e. The van der Waals surface area contributed by atoms with Crippen molar-refractivity contribution in [3.63, 3.8) is 0 Å². The number of phenolic OH excluding ortho intramolecular Hbond substituents is 2. The number of nitrogens with one attached hydrogen (secondary N) is 4. The minimum absolute atomic E-state index is 0. The summed E-state index contributed by atoms with van der Waals surface area (Å²) in [5.41, 5.74) is 19.4. The number of aromatic hydroxyl groups is 2.